The molecule has 0 bridgehead atoms. The molecule has 2 aromatic carbocycles. The number of benzene rings is 2. The van der Waals surface area contributed by atoms with Crippen LogP contribution in [0.15, 0.2) is 72.1 Å². The van der Waals surface area contributed by atoms with E-state index >= 15 is 0 Å². The van der Waals surface area contributed by atoms with Crippen LogP contribution >= 0.6 is 11.3 Å². The Morgan fingerprint density at radius 3 is 2.41 bits per heavy atom. The number of nitrogens with one attached hydrogen (secondary N) is 2. The van der Waals surface area contributed by atoms with Crippen LogP contribution in [-0.4, -0.2) is 30.8 Å². The van der Waals surface area contributed by atoms with E-state index in [0.717, 1.165) is 17.7 Å². The summed E-state index contributed by atoms with van der Waals surface area (Å²) in [5, 5.41) is 7.67. The molecular weight excluding hydrogens is 382 g/mol. The minimum Gasteiger partial charge on any atom is -0.350 e. The van der Waals surface area contributed by atoms with Crippen molar-refractivity contribution in [3.8, 4) is 0 Å². The molecule has 0 aliphatic carbocycles. The lowest BCUT2D eigenvalue weighted by Crippen LogP contribution is -2.40. The van der Waals surface area contributed by atoms with Crippen LogP contribution in [0.5, 0.6) is 0 Å². The van der Waals surface area contributed by atoms with E-state index in [1.165, 1.54) is 16.9 Å². The van der Waals surface area contributed by atoms with Gasteiger partial charge in [0.1, 0.15) is 6.04 Å². The molecule has 3 aromatic rings. The standard InChI is InChI=1S/C23H25N3O2S/c1-26(2)16-18-9-6-8-17(14-18)15-24-23(28)21(19-10-4-3-5-11-19)25-22(27)20-12-7-13-29-20/h3-14,21H,15-16H2,1-2H3,(H,24,28)(H,25,27). The van der Waals surface area contributed by atoms with Gasteiger partial charge in [0.05, 0.1) is 4.88 Å². The second-order valence-corrected chi connectivity index (χ2v) is 8.02. The van der Waals surface area contributed by atoms with Gasteiger partial charge in [0, 0.05) is 13.1 Å². The smallest absolute Gasteiger partial charge is 0.262 e. The van der Waals surface area contributed by atoms with Gasteiger partial charge in [0.15, 0.2) is 0 Å². The molecule has 1 heterocycles. The summed E-state index contributed by atoms with van der Waals surface area (Å²) in [6.45, 7) is 1.24. The number of carbonyl (C=O) groups excluding carboxylic acids is 2. The van der Waals surface area contributed by atoms with Crippen LogP contribution < -0.4 is 10.6 Å². The molecule has 150 valence electrons. The highest BCUT2D eigenvalue weighted by atomic mass is 32.1. The van der Waals surface area contributed by atoms with E-state index in [9.17, 15) is 9.59 Å². The average Bonchev–Trinajstić information content (AvgIpc) is 3.25. The van der Waals surface area contributed by atoms with Crippen LogP contribution in [0.3, 0.4) is 0 Å². The van der Waals surface area contributed by atoms with Gasteiger partial charge in [-0.15, -0.1) is 11.3 Å². The van der Waals surface area contributed by atoms with Crippen molar-refractivity contribution >= 4 is 23.2 Å². The van der Waals surface area contributed by atoms with Gasteiger partial charge in [-0.25, -0.2) is 0 Å². The van der Waals surface area contributed by atoms with Crippen molar-refractivity contribution in [3.05, 3.63) is 93.7 Å². The fraction of sp³-hybridized carbons (Fsp3) is 0.217. The van der Waals surface area contributed by atoms with Crippen molar-refractivity contribution in [2.45, 2.75) is 19.1 Å². The Kier molecular flexibility index (Phi) is 7.16. The van der Waals surface area contributed by atoms with Crippen molar-refractivity contribution in [1.82, 2.24) is 15.5 Å². The number of rotatable bonds is 8. The third-order valence-electron chi connectivity index (χ3n) is 4.37. The van der Waals surface area contributed by atoms with Gasteiger partial charge >= 0.3 is 0 Å². The molecule has 0 saturated heterocycles. The largest absolute Gasteiger partial charge is 0.350 e. The summed E-state index contributed by atoms with van der Waals surface area (Å²) >= 11 is 1.35. The monoisotopic (exact) mass is 407 g/mol. The third kappa shape index (κ3) is 6.01. The van der Waals surface area contributed by atoms with E-state index in [4.69, 9.17) is 0 Å². The molecule has 6 heteroatoms. The van der Waals surface area contributed by atoms with Crippen LogP contribution in [0.1, 0.15) is 32.4 Å². The topological polar surface area (TPSA) is 61.4 Å². The Bertz CT molecular complexity index is 940. The van der Waals surface area contributed by atoms with Crippen molar-refractivity contribution in [2.75, 3.05) is 14.1 Å². The van der Waals surface area contributed by atoms with Gasteiger partial charge in [-0.3, -0.25) is 9.59 Å². The third-order valence-corrected chi connectivity index (χ3v) is 5.24. The van der Waals surface area contributed by atoms with Gasteiger partial charge in [-0.1, -0.05) is 60.7 Å². The normalized spacial score (nSPS) is 11.8. The zero-order chi connectivity index (χ0) is 20.6. The quantitative estimate of drug-likeness (QED) is 0.600. The summed E-state index contributed by atoms with van der Waals surface area (Å²) < 4.78 is 0. The zero-order valence-corrected chi connectivity index (χ0v) is 17.4. The van der Waals surface area contributed by atoms with Gasteiger partial charge < -0.3 is 15.5 Å². The van der Waals surface area contributed by atoms with Crippen molar-refractivity contribution in [3.63, 3.8) is 0 Å². The van der Waals surface area contributed by atoms with Crippen LogP contribution in [-0.2, 0) is 17.9 Å². The highest BCUT2D eigenvalue weighted by Gasteiger charge is 2.23. The molecule has 29 heavy (non-hydrogen) atoms. The highest BCUT2D eigenvalue weighted by Crippen LogP contribution is 2.16. The van der Waals surface area contributed by atoms with E-state index in [1.807, 2.05) is 68.0 Å². The molecule has 0 radical (unpaired) electrons. The molecular formula is C23H25N3O2S. The predicted molar refractivity (Wildman–Crippen MR) is 117 cm³/mol. The Labute approximate surface area is 175 Å². The lowest BCUT2D eigenvalue weighted by molar-refractivity contribution is -0.123. The highest BCUT2D eigenvalue weighted by molar-refractivity contribution is 7.12. The molecule has 1 aromatic heterocycles. The van der Waals surface area contributed by atoms with Gasteiger partial charge in [0.25, 0.3) is 5.91 Å². The summed E-state index contributed by atoms with van der Waals surface area (Å²) in [6, 6.07) is 20.2. The van der Waals surface area contributed by atoms with Crippen LogP contribution in [0.25, 0.3) is 0 Å². The maximum Gasteiger partial charge on any atom is 0.262 e. The fourth-order valence-corrected chi connectivity index (χ4v) is 3.68. The van der Waals surface area contributed by atoms with Crippen LogP contribution in [0, 0.1) is 0 Å². The molecule has 0 fully saturated rings. The van der Waals surface area contributed by atoms with E-state index in [2.05, 4.69) is 27.7 Å². The van der Waals surface area contributed by atoms with E-state index in [1.54, 1.807) is 6.07 Å². The molecule has 3 rings (SSSR count). The minimum absolute atomic E-state index is 0.237. The Morgan fingerprint density at radius 2 is 1.72 bits per heavy atom. The molecule has 0 aliphatic heterocycles. The van der Waals surface area contributed by atoms with E-state index in [0.29, 0.717) is 11.4 Å². The number of carbonyl (C=O) groups is 2. The number of thiophene rings is 1. The van der Waals surface area contributed by atoms with Crippen molar-refractivity contribution in [2.24, 2.45) is 0 Å². The Balaban J connectivity index is 1.71. The van der Waals surface area contributed by atoms with E-state index in [-0.39, 0.29) is 11.8 Å². The van der Waals surface area contributed by atoms with E-state index < -0.39 is 6.04 Å². The first-order valence-corrected chi connectivity index (χ1v) is 10.3. The number of nitrogens with zero attached hydrogens (tertiary/aromatic N) is 1. The second-order valence-electron chi connectivity index (χ2n) is 7.07. The Morgan fingerprint density at radius 1 is 0.966 bits per heavy atom. The Hall–Kier alpha value is -2.96. The molecule has 0 saturated carbocycles. The molecule has 2 amide bonds. The predicted octanol–water partition coefficient (Wildman–Crippen LogP) is 3.60. The molecule has 0 aliphatic rings. The second kappa shape index (κ2) is 10.0. The number of amides is 2. The van der Waals surface area contributed by atoms with Crippen molar-refractivity contribution < 1.29 is 9.59 Å². The fourth-order valence-electron chi connectivity index (χ4n) is 3.05. The average molecular weight is 408 g/mol. The minimum atomic E-state index is -0.754. The SMILES string of the molecule is CN(C)Cc1cccc(CNC(=O)C(NC(=O)c2cccs2)c2ccccc2)c1. The first-order chi connectivity index (χ1) is 14.0. The maximum atomic E-state index is 13.0. The van der Waals surface area contributed by atoms with Crippen LogP contribution in [0.4, 0.5) is 0 Å². The first-order valence-electron chi connectivity index (χ1n) is 9.42. The first kappa shape index (κ1) is 20.8. The summed E-state index contributed by atoms with van der Waals surface area (Å²) in [7, 11) is 4.05. The van der Waals surface area contributed by atoms with Crippen LogP contribution in [0.2, 0.25) is 0 Å². The number of hydrogen-bond donors (Lipinski definition) is 2. The lowest BCUT2D eigenvalue weighted by Gasteiger charge is -2.19. The summed E-state index contributed by atoms with van der Waals surface area (Å²) in [6.07, 6.45) is 0. The van der Waals surface area contributed by atoms with Gasteiger partial charge in [0.2, 0.25) is 5.91 Å². The molecule has 1 unspecified atom stereocenters. The summed E-state index contributed by atoms with van der Waals surface area (Å²) in [5.41, 5.74) is 2.96. The van der Waals surface area contributed by atoms with Gasteiger partial charge in [-0.05, 0) is 42.2 Å². The zero-order valence-electron chi connectivity index (χ0n) is 16.6. The maximum absolute atomic E-state index is 13.0. The lowest BCUT2D eigenvalue weighted by atomic mass is 10.1. The summed E-state index contributed by atoms with van der Waals surface area (Å²) in [4.78, 5) is 28.2. The number of hydrogen-bond acceptors (Lipinski definition) is 4. The van der Waals surface area contributed by atoms with Crippen molar-refractivity contribution in [1.29, 1.82) is 0 Å². The molecule has 5 nitrogen and oxygen atoms in total. The summed E-state index contributed by atoms with van der Waals surface area (Å²) in [5.74, 6) is -0.490. The molecule has 0 spiro atoms. The molecule has 1 atom stereocenters. The molecule has 2 N–H and O–H groups in total. The van der Waals surface area contributed by atoms with Gasteiger partial charge in [-0.2, -0.15) is 0 Å².